The fourth-order valence-electron chi connectivity index (χ4n) is 3.85. The molecular formula is C24H30N2O3S. The molecule has 30 heavy (non-hydrogen) atoms. The monoisotopic (exact) mass is 426 g/mol. The first kappa shape index (κ1) is 22.2. The fraction of sp³-hybridized carbons (Fsp3) is 0.417. The molecule has 1 aliphatic heterocycles. The van der Waals surface area contributed by atoms with E-state index in [4.69, 9.17) is 4.74 Å². The number of rotatable bonds is 7. The number of amides is 2. The molecule has 1 fully saturated rings. The van der Waals surface area contributed by atoms with Gasteiger partial charge >= 0.3 is 0 Å². The maximum Gasteiger partial charge on any atom is 0.253 e. The van der Waals surface area contributed by atoms with Crippen molar-refractivity contribution in [2.75, 3.05) is 31.8 Å². The van der Waals surface area contributed by atoms with Crippen LogP contribution in [-0.2, 0) is 4.79 Å². The number of ether oxygens (including phenoxy) is 1. The molecule has 1 saturated heterocycles. The second-order valence-electron chi connectivity index (χ2n) is 7.76. The highest BCUT2D eigenvalue weighted by Gasteiger charge is 2.25. The van der Waals surface area contributed by atoms with Crippen molar-refractivity contribution in [1.82, 2.24) is 4.90 Å². The standard InChI is InChI=1S/C24H30N2O3S/c1-17-15-20(29-2)9-12-22(17)25-23(27)13-6-18-5-4-14-26(16-18)24(28)19-7-10-21(30-3)11-8-19/h7-12,15,18H,4-6,13-14,16H2,1-3H3,(H,25,27)/t18-/m0/s1. The molecule has 160 valence electrons. The van der Waals surface area contributed by atoms with Crippen molar-refractivity contribution in [3.05, 3.63) is 53.6 Å². The SMILES string of the molecule is COc1ccc(NC(=O)CC[C@@H]2CCCN(C(=O)c3ccc(SC)cc3)C2)c(C)c1. The van der Waals surface area contributed by atoms with E-state index in [2.05, 4.69) is 5.32 Å². The van der Waals surface area contributed by atoms with E-state index in [9.17, 15) is 9.59 Å². The van der Waals surface area contributed by atoms with Crippen LogP contribution in [0.2, 0.25) is 0 Å². The first-order chi connectivity index (χ1) is 14.5. The molecule has 1 heterocycles. The molecule has 0 saturated carbocycles. The van der Waals surface area contributed by atoms with Crippen molar-refractivity contribution >= 4 is 29.3 Å². The van der Waals surface area contributed by atoms with Gasteiger partial charge in [0.05, 0.1) is 7.11 Å². The highest BCUT2D eigenvalue weighted by atomic mass is 32.2. The smallest absolute Gasteiger partial charge is 0.253 e. The number of likely N-dealkylation sites (tertiary alicyclic amines) is 1. The summed E-state index contributed by atoms with van der Waals surface area (Å²) < 4.78 is 5.21. The van der Waals surface area contributed by atoms with Crippen LogP contribution in [0, 0.1) is 12.8 Å². The number of nitrogens with one attached hydrogen (secondary N) is 1. The highest BCUT2D eigenvalue weighted by molar-refractivity contribution is 7.98. The summed E-state index contributed by atoms with van der Waals surface area (Å²) in [5.41, 5.74) is 2.53. The topological polar surface area (TPSA) is 58.6 Å². The predicted octanol–water partition coefficient (Wildman–Crippen LogP) is 5.00. The zero-order valence-corrected chi connectivity index (χ0v) is 18.8. The van der Waals surface area contributed by atoms with Gasteiger partial charge in [0, 0.05) is 35.7 Å². The summed E-state index contributed by atoms with van der Waals surface area (Å²) in [7, 11) is 1.63. The van der Waals surface area contributed by atoms with Crippen LogP contribution in [-0.4, -0.2) is 43.2 Å². The molecule has 5 nitrogen and oxygen atoms in total. The second-order valence-corrected chi connectivity index (χ2v) is 8.64. The van der Waals surface area contributed by atoms with Gasteiger partial charge in [0.1, 0.15) is 5.75 Å². The Bertz CT molecular complexity index is 883. The third kappa shape index (κ3) is 5.79. The van der Waals surface area contributed by atoms with Gasteiger partial charge in [-0.1, -0.05) is 0 Å². The molecular weight excluding hydrogens is 396 g/mol. The van der Waals surface area contributed by atoms with E-state index < -0.39 is 0 Å². The first-order valence-electron chi connectivity index (χ1n) is 10.4. The normalized spacial score (nSPS) is 16.2. The first-order valence-corrected chi connectivity index (χ1v) is 11.6. The summed E-state index contributed by atoms with van der Waals surface area (Å²) in [6.07, 6.45) is 5.32. The Morgan fingerprint density at radius 3 is 2.63 bits per heavy atom. The number of aryl methyl sites for hydroxylation is 1. The molecule has 1 atom stereocenters. The Labute approximate surface area is 183 Å². The van der Waals surface area contributed by atoms with Gasteiger partial charge in [0.25, 0.3) is 5.91 Å². The molecule has 1 N–H and O–H groups in total. The lowest BCUT2D eigenvalue weighted by atomic mass is 9.92. The average Bonchev–Trinajstić information content (AvgIpc) is 2.78. The molecule has 0 aliphatic carbocycles. The Morgan fingerprint density at radius 1 is 1.20 bits per heavy atom. The lowest BCUT2D eigenvalue weighted by Crippen LogP contribution is -2.40. The van der Waals surface area contributed by atoms with Crippen molar-refractivity contribution in [1.29, 1.82) is 0 Å². The van der Waals surface area contributed by atoms with Crippen LogP contribution in [0.5, 0.6) is 5.75 Å². The fourth-order valence-corrected chi connectivity index (χ4v) is 4.26. The number of carbonyl (C=O) groups excluding carboxylic acids is 2. The van der Waals surface area contributed by atoms with E-state index in [1.54, 1.807) is 18.9 Å². The molecule has 2 aromatic rings. The maximum atomic E-state index is 12.8. The largest absolute Gasteiger partial charge is 0.497 e. The van der Waals surface area contributed by atoms with Crippen LogP contribution < -0.4 is 10.1 Å². The Balaban J connectivity index is 1.50. The minimum absolute atomic E-state index is 0.0133. The summed E-state index contributed by atoms with van der Waals surface area (Å²) in [6, 6.07) is 13.4. The molecule has 2 aromatic carbocycles. The van der Waals surface area contributed by atoms with Crippen molar-refractivity contribution in [3.8, 4) is 5.75 Å². The van der Waals surface area contributed by atoms with E-state index in [0.29, 0.717) is 12.3 Å². The van der Waals surface area contributed by atoms with Gasteiger partial charge < -0.3 is 15.0 Å². The molecule has 0 spiro atoms. The van der Waals surface area contributed by atoms with Gasteiger partial charge in [0.2, 0.25) is 5.91 Å². The maximum absolute atomic E-state index is 12.8. The third-order valence-electron chi connectivity index (χ3n) is 5.63. The van der Waals surface area contributed by atoms with Gasteiger partial charge in [-0.05, 0) is 86.4 Å². The number of methoxy groups -OCH3 is 1. The molecule has 0 radical (unpaired) electrons. The van der Waals surface area contributed by atoms with Crippen LogP contribution in [0.3, 0.4) is 0 Å². The molecule has 6 heteroatoms. The van der Waals surface area contributed by atoms with Gasteiger partial charge in [0.15, 0.2) is 0 Å². The van der Waals surface area contributed by atoms with Crippen molar-refractivity contribution < 1.29 is 14.3 Å². The highest BCUT2D eigenvalue weighted by Crippen LogP contribution is 2.25. The quantitative estimate of drug-likeness (QED) is 0.633. The summed E-state index contributed by atoms with van der Waals surface area (Å²) >= 11 is 1.67. The molecule has 1 aliphatic rings. The van der Waals surface area contributed by atoms with E-state index in [1.807, 2.05) is 60.5 Å². The summed E-state index contributed by atoms with van der Waals surface area (Å²) in [5.74, 6) is 1.24. The zero-order valence-electron chi connectivity index (χ0n) is 17.9. The van der Waals surface area contributed by atoms with Crippen LogP contribution in [0.1, 0.15) is 41.6 Å². The number of piperidine rings is 1. The molecule has 3 rings (SSSR count). The van der Waals surface area contributed by atoms with E-state index in [-0.39, 0.29) is 11.8 Å². The van der Waals surface area contributed by atoms with Crippen LogP contribution >= 0.6 is 11.8 Å². The van der Waals surface area contributed by atoms with E-state index >= 15 is 0 Å². The van der Waals surface area contributed by atoms with Gasteiger partial charge in [-0.15, -0.1) is 11.8 Å². The molecule has 0 aromatic heterocycles. The number of anilines is 1. The lowest BCUT2D eigenvalue weighted by molar-refractivity contribution is -0.116. The van der Waals surface area contributed by atoms with E-state index in [1.165, 1.54) is 0 Å². The van der Waals surface area contributed by atoms with Crippen LogP contribution in [0.15, 0.2) is 47.4 Å². The molecule has 2 amide bonds. The van der Waals surface area contributed by atoms with Crippen molar-refractivity contribution in [3.63, 3.8) is 0 Å². The summed E-state index contributed by atoms with van der Waals surface area (Å²) in [4.78, 5) is 28.4. The van der Waals surface area contributed by atoms with Gasteiger partial charge in [-0.25, -0.2) is 0 Å². The lowest BCUT2D eigenvalue weighted by Gasteiger charge is -2.33. The summed E-state index contributed by atoms with van der Waals surface area (Å²) in [6.45, 7) is 3.46. The predicted molar refractivity (Wildman–Crippen MR) is 122 cm³/mol. The number of carbonyl (C=O) groups is 2. The average molecular weight is 427 g/mol. The number of nitrogens with zero attached hydrogens (tertiary/aromatic N) is 1. The number of hydrogen-bond donors (Lipinski definition) is 1. The van der Waals surface area contributed by atoms with Gasteiger partial charge in [-0.2, -0.15) is 0 Å². The van der Waals surface area contributed by atoms with E-state index in [0.717, 1.165) is 59.8 Å². The zero-order chi connectivity index (χ0) is 21.5. The van der Waals surface area contributed by atoms with Crippen molar-refractivity contribution in [2.24, 2.45) is 5.92 Å². The van der Waals surface area contributed by atoms with Gasteiger partial charge in [-0.3, -0.25) is 9.59 Å². The molecule has 0 unspecified atom stereocenters. The Morgan fingerprint density at radius 2 is 1.97 bits per heavy atom. The number of thioether (sulfide) groups is 1. The van der Waals surface area contributed by atoms with Crippen LogP contribution in [0.4, 0.5) is 5.69 Å². The minimum Gasteiger partial charge on any atom is -0.497 e. The molecule has 0 bridgehead atoms. The number of benzene rings is 2. The summed E-state index contributed by atoms with van der Waals surface area (Å²) in [5, 5.41) is 2.99. The second kappa shape index (κ2) is 10.5. The Hall–Kier alpha value is -2.47. The number of hydrogen-bond acceptors (Lipinski definition) is 4. The van der Waals surface area contributed by atoms with Crippen LogP contribution in [0.25, 0.3) is 0 Å². The minimum atomic E-state index is 0.0133. The van der Waals surface area contributed by atoms with Crippen molar-refractivity contribution in [2.45, 2.75) is 37.5 Å². The Kier molecular flexibility index (Phi) is 7.80. The third-order valence-corrected chi connectivity index (χ3v) is 6.37.